The maximum absolute atomic E-state index is 12.3. The number of aromatic amines is 1. The van der Waals surface area contributed by atoms with E-state index in [2.05, 4.69) is 46.6 Å². The number of halogens is 2. The monoisotopic (exact) mass is 510 g/mol. The number of aromatic hydroxyl groups is 1. The number of nitrogens with zero attached hydrogens (tertiary/aromatic N) is 3. The fourth-order valence-corrected chi connectivity index (χ4v) is 4.74. The van der Waals surface area contributed by atoms with Gasteiger partial charge in [0.2, 0.25) is 0 Å². The van der Waals surface area contributed by atoms with Crippen LogP contribution in [-0.4, -0.2) is 68.8 Å². The van der Waals surface area contributed by atoms with Gasteiger partial charge in [0.1, 0.15) is 5.75 Å². The summed E-state index contributed by atoms with van der Waals surface area (Å²) in [6.45, 7) is 4.82. The molecule has 2 aromatic heterocycles. The Labute approximate surface area is 211 Å². The average molecular weight is 511 g/mol. The van der Waals surface area contributed by atoms with E-state index < -0.39 is 22.8 Å². The molecule has 3 heterocycles. The van der Waals surface area contributed by atoms with Gasteiger partial charge in [-0.3, -0.25) is 9.69 Å². The summed E-state index contributed by atoms with van der Waals surface area (Å²) < 4.78 is 2.19. The van der Waals surface area contributed by atoms with Crippen molar-refractivity contribution in [2.24, 2.45) is 7.05 Å². The number of likely N-dealkylation sites (N-methyl/N-ethyl adjacent to an activating group) is 1. The molecule has 10 heteroatoms. The van der Waals surface area contributed by atoms with E-state index in [-0.39, 0.29) is 24.8 Å². The molecule has 0 spiro atoms. The van der Waals surface area contributed by atoms with Crippen molar-refractivity contribution in [2.45, 2.75) is 32.4 Å². The Morgan fingerprint density at radius 2 is 1.94 bits per heavy atom. The summed E-state index contributed by atoms with van der Waals surface area (Å²) in [5.74, 6) is -1.90. The second-order valence-electron chi connectivity index (χ2n) is 8.80. The summed E-state index contributed by atoms with van der Waals surface area (Å²) in [6.07, 6.45) is 1.56. The molecule has 1 fully saturated rings. The fraction of sp³-hybridized carbons (Fsp3) is 0.417. The van der Waals surface area contributed by atoms with Gasteiger partial charge in [0.05, 0.1) is 5.69 Å². The van der Waals surface area contributed by atoms with E-state index in [0.717, 1.165) is 36.1 Å². The van der Waals surface area contributed by atoms with E-state index in [1.807, 2.05) is 25.1 Å². The number of hydrogen-bond acceptors (Lipinski definition) is 5. The number of aromatic carboxylic acids is 1. The van der Waals surface area contributed by atoms with Crippen molar-refractivity contribution < 1.29 is 15.0 Å². The number of rotatable bonds is 6. The molecule has 0 aliphatic carbocycles. The van der Waals surface area contributed by atoms with Crippen LogP contribution in [0.15, 0.2) is 29.1 Å². The first-order chi connectivity index (χ1) is 15.2. The Morgan fingerprint density at radius 3 is 2.53 bits per heavy atom. The number of hydrogen-bond donors (Lipinski definition) is 3. The number of H-pyrrole nitrogens is 1. The number of nitrogens with one attached hydrogen (secondary N) is 1. The molecule has 8 nitrogen and oxygen atoms in total. The largest absolute Gasteiger partial charge is 0.506 e. The van der Waals surface area contributed by atoms with E-state index in [1.54, 1.807) is 0 Å². The highest BCUT2D eigenvalue weighted by Crippen LogP contribution is 2.32. The van der Waals surface area contributed by atoms with E-state index in [4.69, 9.17) is 0 Å². The molecule has 0 radical (unpaired) electrons. The lowest BCUT2D eigenvalue weighted by Gasteiger charge is -2.20. The molecule has 34 heavy (non-hydrogen) atoms. The molecule has 1 aliphatic heterocycles. The Kier molecular flexibility index (Phi) is 8.82. The highest BCUT2D eigenvalue weighted by molar-refractivity contribution is 5.92. The molecule has 1 aromatic carbocycles. The Bertz CT molecular complexity index is 1250. The summed E-state index contributed by atoms with van der Waals surface area (Å²) in [5, 5.41) is 20.8. The molecule has 3 aromatic rings. The molecule has 3 N–H and O–H groups in total. The number of carbonyl (C=O) groups is 1. The van der Waals surface area contributed by atoms with Crippen LogP contribution in [0.25, 0.3) is 22.2 Å². The van der Waals surface area contributed by atoms with Crippen molar-refractivity contribution in [3.8, 4) is 17.0 Å². The second kappa shape index (κ2) is 10.8. The number of carboxylic acids is 1. The zero-order valence-electron chi connectivity index (χ0n) is 19.8. The van der Waals surface area contributed by atoms with Gasteiger partial charge in [-0.25, -0.2) is 4.79 Å². The van der Waals surface area contributed by atoms with E-state index >= 15 is 0 Å². The van der Waals surface area contributed by atoms with Crippen LogP contribution in [-0.2, 0) is 20.0 Å². The molecular weight excluding hydrogens is 479 g/mol. The van der Waals surface area contributed by atoms with Gasteiger partial charge in [-0.15, -0.1) is 24.8 Å². The summed E-state index contributed by atoms with van der Waals surface area (Å²) in [6, 6.07) is 8.63. The minimum atomic E-state index is -1.44. The molecule has 0 amide bonds. The normalized spacial score (nSPS) is 16.0. The highest BCUT2D eigenvalue weighted by atomic mass is 35.5. The van der Waals surface area contributed by atoms with Gasteiger partial charge in [0.15, 0.2) is 5.56 Å². The van der Waals surface area contributed by atoms with Gasteiger partial charge in [-0.1, -0.05) is 13.0 Å². The van der Waals surface area contributed by atoms with E-state index in [0.29, 0.717) is 23.7 Å². The lowest BCUT2D eigenvalue weighted by atomic mass is 9.99. The molecule has 0 saturated carbocycles. The third-order valence-corrected chi connectivity index (χ3v) is 6.65. The van der Waals surface area contributed by atoms with Crippen molar-refractivity contribution in [1.29, 1.82) is 0 Å². The lowest BCUT2D eigenvalue weighted by Crippen LogP contribution is -2.31. The second-order valence-corrected chi connectivity index (χ2v) is 8.80. The molecule has 1 saturated heterocycles. The molecule has 0 bridgehead atoms. The van der Waals surface area contributed by atoms with E-state index in [9.17, 15) is 19.8 Å². The van der Waals surface area contributed by atoms with Crippen LogP contribution in [0, 0.1) is 0 Å². The maximum atomic E-state index is 12.3. The summed E-state index contributed by atoms with van der Waals surface area (Å²) in [4.78, 5) is 31.1. The minimum Gasteiger partial charge on any atom is -0.506 e. The number of carboxylic acid groups (broad SMARTS) is 1. The number of aromatic nitrogens is 2. The molecule has 1 aliphatic rings. The molecule has 4 rings (SSSR count). The Hall–Kier alpha value is -2.52. The highest BCUT2D eigenvalue weighted by Gasteiger charge is 2.25. The number of aryl methyl sites for hydroxylation is 1. The first kappa shape index (κ1) is 27.7. The van der Waals surface area contributed by atoms with Gasteiger partial charge in [-0.05, 0) is 50.7 Å². The maximum Gasteiger partial charge on any atom is 0.345 e. The number of pyridine rings is 1. The molecular formula is C24H32Cl2N4O4. The van der Waals surface area contributed by atoms with Crippen molar-refractivity contribution in [1.82, 2.24) is 19.4 Å². The van der Waals surface area contributed by atoms with Crippen LogP contribution in [0.5, 0.6) is 5.75 Å². The summed E-state index contributed by atoms with van der Waals surface area (Å²) in [5.41, 5.74) is 2.49. The third-order valence-electron chi connectivity index (χ3n) is 6.65. The Balaban J connectivity index is 0.00000204. The van der Waals surface area contributed by atoms with Gasteiger partial charge in [-0.2, -0.15) is 0 Å². The minimum absolute atomic E-state index is 0. The number of fused-ring (bicyclic) bond motifs is 1. The van der Waals surface area contributed by atoms with Crippen LogP contribution in [0.1, 0.15) is 35.0 Å². The standard InChI is InChI=1S/C24H30N4O4.2ClH/c1-5-18-21(25-23(30)20(22(18)29)24(31)32)14-6-7-19-15(10-14)11-17(27(19)4)13-28-9-8-16(12-28)26(2)3;;/h6-7,10-11,16H,5,8-9,12-13H2,1-4H3,(H,31,32)(H2,25,29,30);2*1H. The van der Waals surface area contributed by atoms with Crippen molar-refractivity contribution in [3.05, 3.63) is 51.4 Å². The quantitative estimate of drug-likeness (QED) is 0.469. The fourth-order valence-electron chi connectivity index (χ4n) is 4.74. The SMILES string of the molecule is CCc1c(-c2ccc3c(c2)cc(CN2CCC(N(C)C)C2)n3C)[nH]c(=O)c(C(=O)O)c1O.Cl.Cl. The zero-order valence-corrected chi connectivity index (χ0v) is 21.4. The van der Waals surface area contributed by atoms with Crippen molar-refractivity contribution in [2.75, 3.05) is 27.2 Å². The van der Waals surface area contributed by atoms with Crippen LogP contribution < -0.4 is 5.56 Å². The number of likely N-dealkylation sites (tertiary alicyclic amines) is 1. The Morgan fingerprint density at radius 1 is 1.24 bits per heavy atom. The van der Waals surface area contributed by atoms with Crippen LogP contribution in [0.2, 0.25) is 0 Å². The first-order valence-electron chi connectivity index (χ1n) is 10.9. The summed E-state index contributed by atoms with van der Waals surface area (Å²) >= 11 is 0. The van der Waals surface area contributed by atoms with Crippen LogP contribution >= 0.6 is 24.8 Å². The first-order valence-corrected chi connectivity index (χ1v) is 10.9. The number of benzene rings is 1. The van der Waals surface area contributed by atoms with Gasteiger partial charge < -0.3 is 24.7 Å². The zero-order chi connectivity index (χ0) is 23.2. The predicted molar refractivity (Wildman–Crippen MR) is 139 cm³/mol. The average Bonchev–Trinajstić information content (AvgIpc) is 3.32. The van der Waals surface area contributed by atoms with Gasteiger partial charge >= 0.3 is 5.97 Å². The van der Waals surface area contributed by atoms with Crippen molar-refractivity contribution >= 4 is 41.7 Å². The van der Waals surface area contributed by atoms with Gasteiger partial charge in [0.25, 0.3) is 5.56 Å². The molecule has 1 unspecified atom stereocenters. The summed E-state index contributed by atoms with van der Waals surface area (Å²) in [7, 11) is 6.31. The smallest absolute Gasteiger partial charge is 0.345 e. The van der Waals surface area contributed by atoms with E-state index in [1.165, 1.54) is 12.1 Å². The topological polar surface area (TPSA) is 102 Å². The van der Waals surface area contributed by atoms with Crippen molar-refractivity contribution in [3.63, 3.8) is 0 Å². The molecule has 1 atom stereocenters. The predicted octanol–water partition coefficient (Wildman–Crippen LogP) is 3.48. The lowest BCUT2D eigenvalue weighted by molar-refractivity contribution is 0.0691. The molecule has 186 valence electrons. The van der Waals surface area contributed by atoms with Crippen LogP contribution in [0.4, 0.5) is 0 Å². The van der Waals surface area contributed by atoms with Crippen LogP contribution in [0.3, 0.4) is 0 Å². The van der Waals surface area contributed by atoms with Gasteiger partial charge in [0, 0.05) is 54.9 Å². The third kappa shape index (κ3) is 4.95.